The Balaban J connectivity index is 1.74. The van der Waals surface area contributed by atoms with E-state index in [1.807, 2.05) is 4.90 Å². The molecule has 1 N–H and O–H groups in total. The summed E-state index contributed by atoms with van der Waals surface area (Å²) < 4.78 is 39.4. The number of rotatable bonds is 5. The highest BCUT2D eigenvalue weighted by Gasteiger charge is 2.34. The smallest absolute Gasteiger partial charge is 0.356 e. The van der Waals surface area contributed by atoms with E-state index in [1.54, 1.807) is 24.4 Å². The van der Waals surface area contributed by atoms with E-state index in [0.717, 1.165) is 18.9 Å². The minimum atomic E-state index is -4.50. The molecular formula is C20H23F3N4O. The van der Waals surface area contributed by atoms with Gasteiger partial charge in [0.05, 0.1) is 6.42 Å². The largest absolute Gasteiger partial charge is 0.433 e. The van der Waals surface area contributed by atoms with Crippen LogP contribution in [0, 0.1) is 5.92 Å². The molecule has 0 bridgehead atoms. The quantitative estimate of drug-likeness (QED) is 0.845. The van der Waals surface area contributed by atoms with Crippen molar-refractivity contribution in [2.75, 3.05) is 18.0 Å². The lowest BCUT2D eigenvalue weighted by Gasteiger charge is -2.33. The summed E-state index contributed by atoms with van der Waals surface area (Å²) in [5, 5.41) is 2.77. The summed E-state index contributed by atoms with van der Waals surface area (Å²) in [5.41, 5.74) is 0.303. The predicted octanol–water partition coefficient (Wildman–Crippen LogP) is 3.59. The van der Waals surface area contributed by atoms with E-state index in [9.17, 15) is 18.0 Å². The van der Waals surface area contributed by atoms with Crippen LogP contribution >= 0.6 is 0 Å². The van der Waals surface area contributed by atoms with Crippen molar-refractivity contribution in [3.05, 3.63) is 53.5 Å². The van der Waals surface area contributed by atoms with Crippen molar-refractivity contribution in [1.29, 1.82) is 0 Å². The Morgan fingerprint density at radius 1 is 1.21 bits per heavy atom. The van der Waals surface area contributed by atoms with E-state index in [-0.39, 0.29) is 18.9 Å². The number of pyridine rings is 2. The van der Waals surface area contributed by atoms with Gasteiger partial charge in [0.1, 0.15) is 11.5 Å². The van der Waals surface area contributed by atoms with Gasteiger partial charge in [0, 0.05) is 37.1 Å². The van der Waals surface area contributed by atoms with Gasteiger partial charge in [0.25, 0.3) is 0 Å². The Kier molecular flexibility index (Phi) is 6.16. The van der Waals surface area contributed by atoms with Crippen LogP contribution in [0.3, 0.4) is 0 Å². The Morgan fingerprint density at radius 2 is 1.96 bits per heavy atom. The highest BCUT2D eigenvalue weighted by Crippen LogP contribution is 2.32. The van der Waals surface area contributed by atoms with Crippen molar-refractivity contribution >= 4 is 11.7 Å². The first kappa shape index (κ1) is 20.1. The number of hydrogen-bond acceptors (Lipinski definition) is 4. The third-order valence-electron chi connectivity index (χ3n) is 4.87. The fraction of sp³-hybridized carbons (Fsp3) is 0.450. The van der Waals surface area contributed by atoms with Crippen molar-refractivity contribution in [1.82, 2.24) is 15.3 Å². The van der Waals surface area contributed by atoms with Gasteiger partial charge in [-0.1, -0.05) is 19.1 Å². The van der Waals surface area contributed by atoms with Crippen molar-refractivity contribution in [2.24, 2.45) is 5.92 Å². The van der Waals surface area contributed by atoms with Crippen LogP contribution < -0.4 is 10.2 Å². The maximum atomic E-state index is 13.1. The van der Waals surface area contributed by atoms with Crippen molar-refractivity contribution in [3.63, 3.8) is 0 Å². The maximum absolute atomic E-state index is 13.1. The maximum Gasteiger partial charge on any atom is 0.433 e. The van der Waals surface area contributed by atoms with Gasteiger partial charge in [-0.2, -0.15) is 13.2 Å². The fourth-order valence-corrected chi connectivity index (χ4v) is 3.19. The molecule has 2 aromatic rings. The number of nitrogens with one attached hydrogen (secondary N) is 1. The SMILES string of the molecule is CC1CCN(c2nc(C(F)(F)F)ccc2CNC(=O)Cc2ccccn2)CC1. The molecule has 3 heterocycles. The molecule has 1 fully saturated rings. The molecule has 8 heteroatoms. The summed E-state index contributed by atoms with van der Waals surface area (Å²) in [7, 11) is 0. The summed E-state index contributed by atoms with van der Waals surface area (Å²) in [6.07, 6.45) is -0.964. The second-order valence-electron chi connectivity index (χ2n) is 7.12. The summed E-state index contributed by atoms with van der Waals surface area (Å²) >= 11 is 0. The lowest BCUT2D eigenvalue weighted by molar-refractivity contribution is -0.141. The molecule has 0 unspecified atom stereocenters. The zero-order valence-corrected chi connectivity index (χ0v) is 15.7. The second kappa shape index (κ2) is 8.58. The molecule has 0 radical (unpaired) electrons. The Labute approximate surface area is 162 Å². The van der Waals surface area contributed by atoms with Gasteiger partial charge in [-0.25, -0.2) is 4.98 Å². The number of carbonyl (C=O) groups excluding carboxylic acids is 1. The van der Waals surface area contributed by atoms with Crippen molar-refractivity contribution in [2.45, 2.75) is 38.9 Å². The van der Waals surface area contributed by atoms with Crippen LogP contribution in [0.4, 0.5) is 19.0 Å². The Morgan fingerprint density at radius 3 is 2.61 bits per heavy atom. The fourth-order valence-electron chi connectivity index (χ4n) is 3.19. The average molecular weight is 392 g/mol. The lowest BCUT2D eigenvalue weighted by Crippen LogP contribution is -2.35. The summed E-state index contributed by atoms with van der Waals surface area (Å²) in [5.74, 6) is 0.611. The molecule has 150 valence electrons. The minimum Gasteiger partial charge on any atom is -0.356 e. The molecule has 1 amide bonds. The molecule has 3 rings (SSSR count). The first-order valence-corrected chi connectivity index (χ1v) is 9.31. The van der Waals surface area contributed by atoms with E-state index in [2.05, 4.69) is 22.2 Å². The summed E-state index contributed by atoms with van der Waals surface area (Å²) in [6.45, 7) is 3.57. The number of aromatic nitrogens is 2. The summed E-state index contributed by atoms with van der Waals surface area (Å²) in [4.78, 5) is 22.1. The monoisotopic (exact) mass is 392 g/mol. The number of piperidine rings is 1. The van der Waals surface area contributed by atoms with Crippen LogP contribution in [0.2, 0.25) is 0 Å². The van der Waals surface area contributed by atoms with Gasteiger partial charge in [-0.05, 0) is 37.0 Å². The van der Waals surface area contributed by atoms with Crippen LogP contribution in [-0.4, -0.2) is 29.0 Å². The number of anilines is 1. The molecule has 5 nitrogen and oxygen atoms in total. The normalized spacial score (nSPS) is 15.5. The molecule has 2 aromatic heterocycles. The topological polar surface area (TPSA) is 58.1 Å². The molecule has 28 heavy (non-hydrogen) atoms. The van der Waals surface area contributed by atoms with Crippen LogP contribution in [-0.2, 0) is 23.9 Å². The number of halogens is 3. The third kappa shape index (κ3) is 5.21. The van der Waals surface area contributed by atoms with Gasteiger partial charge in [-0.15, -0.1) is 0 Å². The minimum absolute atomic E-state index is 0.117. The zero-order chi connectivity index (χ0) is 20.1. The molecule has 1 aliphatic rings. The number of alkyl halides is 3. The van der Waals surface area contributed by atoms with Crippen LogP contribution in [0.25, 0.3) is 0 Å². The van der Waals surface area contributed by atoms with Gasteiger partial charge in [0.15, 0.2) is 0 Å². The van der Waals surface area contributed by atoms with Crippen molar-refractivity contribution < 1.29 is 18.0 Å². The van der Waals surface area contributed by atoms with Gasteiger partial charge in [-0.3, -0.25) is 9.78 Å². The Bertz CT molecular complexity index is 803. The molecule has 0 saturated carbocycles. The van der Waals surface area contributed by atoms with E-state index >= 15 is 0 Å². The van der Waals surface area contributed by atoms with Crippen LogP contribution in [0.1, 0.15) is 36.7 Å². The zero-order valence-electron chi connectivity index (χ0n) is 15.7. The van der Waals surface area contributed by atoms with Gasteiger partial charge >= 0.3 is 6.18 Å². The van der Waals surface area contributed by atoms with Gasteiger partial charge in [0.2, 0.25) is 5.91 Å². The third-order valence-corrected chi connectivity index (χ3v) is 4.87. The number of hydrogen-bond donors (Lipinski definition) is 1. The van der Waals surface area contributed by atoms with Crippen LogP contribution in [0.15, 0.2) is 36.5 Å². The predicted molar refractivity (Wildman–Crippen MR) is 99.6 cm³/mol. The molecule has 0 aliphatic carbocycles. The standard InChI is InChI=1S/C20H23F3N4O/c1-14-7-10-27(11-8-14)19-15(5-6-17(26-19)20(21,22)23)13-25-18(28)12-16-4-2-3-9-24-16/h2-6,9,14H,7-8,10-13H2,1H3,(H,25,28). The molecule has 0 spiro atoms. The first-order valence-electron chi connectivity index (χ1n) is 9.31. The lowest BCUT2D eigenvalue weighted by atomic mass is 9.99. The molecule has 1 aliphatic heterocycles. The number of nitrogens with zero attached hydrogens (tertiary/aromatic N) is 3. The Hall–Kier alpha value is -2.64. The van der Waals surface area contributed by atoms with E-state index in [0.29, 0.717) is 36.1 Å². The average Bonchev–Trinajstić information content (AvgIpc) is 2.67. The van der Waals surface area contributed by atoms with E-state index in [4.69, 9.17) is 0 Å². The number of carbonyl (C=O) groups is 1. The molecule has 1 saturated heterocycles. The molecular weight excluding hydrogens is 369 g/mol. The van der Waals surface area contributed by atoms with E-state index < -0.39 is 11.9 Å². The molecule has 0 atom stereocenters. The summed E-state index contributed by atoms with van der Waals surface area (Å²) in [6, 6.07) is 7.69. The first-order chi connectivity index (χ1) is 13.3. The highest BCUT2D eigenvalue weighted by atomic mass is 19.4. The number of amides is 1. The van der Waals surface area contributed by atoms with E-state index in [1.165, 1.54) is 6.07 Å². The highest BCUT2D eigenvalue weighted by molar-refractivity contribution is 5.78. The molecule has 0 aromatic carbocycles. The van der Waals surface area contributed by atoms with Crippen LogP contribution in [0.5, 0.6) is 0 Å². The van der Waals surface area contributed by atoms with Crippen molar-refractivity contribution in [3.8, 4) is 0 Å². The second-order valence-corrected chi connectivity index (χ2v) is 7.12. The van der Waals surface area contributed by atoms with Gasteiger partial charge < -0.3 is 10.2 Å².